The molecule has 0 atom stereocenters. The third kappa shape index (κ3) is 3.25. The lowest BCUT2D eigenvalue weighted by molar-refractivity contribution is -0.137. The normalized spacial score (nSPS) is 17.6. The van der Waals surface area contributed by atoms with Crippen molar-refractivity contribution in [2.45, 2.75) is 32.9 Å². The molecule has 0 aliphatic heterocycles. The highest BCUT2D eigenvalue weighted by Gasteiger charge is 2.45. The average Bonchev–Trinajstić information content (AvgIpc) is 3.07. The second-order valence-electron chi connectivity index (χ2n) is 5.56. The quantitative estimate of drug-likeness (QED) is 0.785. The van der Waals surface area contributed by atoms with E-state index < -0.39 is 11.7 Å². The zero-order chi connectivity index (χ0) is 14.3. The summed E-state index contributed by atoms with van der Waals surface area (Å²) in [7, 11) is 0. The summed E-state index contributed by atoms with van der Waals surface area (Å²) < 4.78 is 39.3. The van der Waals surface area contributed by atoms with Crippen LogP contribution in [0.1, 0.15) is 32.3 Å². The van der Waals surface area contributed by atoms with Gasteiger partial charge >= 0.3 is 6.18 Å². The smallest absolute Gasteiger partial charge is 0.384 e. The molecule has 1 fully saturated rings. The lowest BCUT2D eigenvalue weighted by Crippen LogP contribution is -2.22. The molecule has 1 aromatic rings. The van der Waals surface area contributed by atoms with E-state index in [9.17, 15) is 13.2 Å². The van der Waals surface area contributed by atoms with Gasteiger partial charge in [-0.25, -0.2) is 0 Å². The van der Waals surface area contributed by atoms with Crippen LogP contribution in [0.2, 0.25) is 0 Å². The molecule has 106 valence electrons. The first-order chi connectivity index (χ1) is 8.74. The van der Waals surface area contributed by atoms with E-state index in [1.807, 2.05) is 0 Å². The van der Waals surface area contributed by atoms with Crippen LogP contribution in [-0.4, -0.2) is 6.54 Å². The fourth-order valence-corrected chi connectivity index (χ4v) is 2.66. The summed E-state index contributed by atoms with van der Waals surface area (Å²) in [6, 6.07) is 4.24. The molecular formula is C14H17BrF3N. The van der Waals surface area contributed by atoms with Crippen LogP contribution in [-0.2, 0) is 6.18 Å². The Labute approximate surface area is 119 Å². The van der Waals surface area contributed by atoms with Crippen LogP contribution in [0, 0.1) is 11.3 Å². The van der Waals surface area contributed by atoms with Crippen LogP contribution in [0.25, 0.3) is 0 Å². The van der Waals surface area contributed by atoms with E-state index in [0.29, 0.717) is 16.9 Å². The molecule has 0 heterocycles. The molecule has 19 heavy (non-hydrogen) atoms. The molecule has 1 aromatic carbocycles. The minimum Gasteiger partial charge on any atom is -0.384 e. The third-order valence-corrected chi connectivity index (χ3v) is 4.53. The zero-order valence-corrected chi connectivity index (χ0v) is 12.5. The molecule has 5 heteroatoms. The second-order valence-corrected chi connectivity index (χ2v) is 6.47. The van der Waals surface area contributed by atoms with Crippen molar-refractivity contribution in [3.63, 3.8) is 0 Å². The third-order valence-electron chi connectivity index (χ3n) is 4.03. The summed E-state index contributed by atoms with van der Waals surface area (Å²) in [5.41, 5.74) is -0.264. The molecule has 1 aliphatic rings. The highest BCUT2D eigenvalue weighted by Crippen LogP contribution is 2.52. The van der Waals surface area contributed by atoms with Crippen molar-refractivity contribution in [3.8, 4) is 0 Å². The van der Waals surface area contributed by atoms with Crippen molar-refractivity contribution in [2.24, 2.45) is 11.3 Å². The number of nitrogens with one attached hydrogen (secondary N) is 1. The van der Waals surface area contributed by atoms with Crippen molar-refractivity contribution in [3.05, 3.63) is 28.2 Å². The molecule has 0 bridgehead atoms. The summed E-state index contributed by atoms with van der Waals surface area (Å²) in [6.45, 7) is 4.86. The number of alkyl halides is 3. The Kier molecular flexibility index (Phi) is 3.87. The van der Waals surface area contributed by atoms with Crippen molar-refractivity contribution < 1.29 is 13.2 Å². The summed E-state index contributed by atoms with van der Waals surface area (Å²) in [5, 5.41) is 2.99. The van der Waals surface area contributed by atoms with Gasteiger partial charge in [0, 0.05) is 16.7 Å². The molecule has 0 unspecified atom stereocenters. The van der Waals surface area contributed by atoms with Gasteiger partial charge in [-0.05, 0) is 42.4 Å². The molecule has 0 spiro atoms. The van der Waals surface area contributed by atoms with Gasteiger partial charge in [-0.1, -0.05) is 29.8 Å². The van der Waals surface area contributed by atoms with Gasteiger partial charge in [0.25, 0.3) is 0 Å². The van der Waals surface area contributed by atoms with Crippen LogP contribution in [0.4, 0.5) is 18.9 Å². The Balaban J connectivity index is 2.17. The molecular weight excluding hydrogens is 319 g/mol. The minimum absolute atomic E-state index is 0.169. The van der Waals surface area contributed by atoms with E-state index in [1.54, 1.807) is 6.07 Å². The lowest BCUT2D eigenvalue weighted by Gasteiger charge is -2.22. The zero-order valence-electron chi connectivity index (χ0n) is 10.9. The molecule has 1 nitrogen and oxygen atoms in total. The lowest BCUT2D eigenvalue weighted by atomic mass is 9.92. The van der Waals surface area contributed by atoms with Gasteiger partial charge in [0.1, 0.15) is 0 Å². The van der Waals surface area contributed by atoms with Crippen LogP contribution in [0.3, 0.4) is 0 Å². The Morgan fingerprint density at radius 2 is 1.95 bits per heavy atom. The first-order valence-corrected chi connectivity index (χ1v) is 7.14. The maximum absolute atomic E-state index is 13.0. The summed E-state index contributed by atoms with van der Waals surface area (Å²) in [6.07, 6.45) is -2.15. The van der Waals surface area contributed by atoms with Gasteiger partial charge in [0.05, 0.1) is 5.56 Å². The highest BCUT2D eigenvalue weighted by atomic mass is 79.9. The number of rotatable bonds is 4. The summed E-state index contributed by atoms with van der Waals surface area (Å²) in [4.78, 5) is 0. The minimum atomic E-state index is -4.33. The van der Waals surface area contributed by atoms with Gasteiger partial charge in [-0.2, -0.15) is 13.2 Å². The SMILES string of the molecule is CC(C)C1(CNc2ccc(Br)cc2C(F)(F)F)CC1. The number of anilines is 1. The topological polar surface area (TPSA) is 12.0 Å². The maximum Gasteiger partial charge on any atom is 0.418 e. The van der Waals surface area contributed by atoms with E-state index in [1.165, 1.54) is 6.07 Å². The van der Waals surface area contributed by atoms with Crippen LogP contribution in [0.5, 0.6) is 0 Å². The van der Waals surface area contributed by atoms with Gasteiger partial charge in [0.15, 0.2) is 0 Å². The predicted octanol–water partition coefficient (Wildman–Crippen LogP) is 5.32. The van der Waals surface area contributed by atoms with Crippen molar-refractivity contribution in [1.29, 1.82) is 0 Å². The summed E-state index contributed by atoms with van der Waals surface area (Å²) in [5.74, 6) is 0.491. The molecule has 0 radical (unpaired) electrons. The summed E-state index contributed by atoms with van der Waals surface area (Å²) >= 11 is 3.09. The molecule has 2 rings (SSSR count). The molecule has 0 aromatic heterocycles. The molecule has 0 amide bonds. The molecule has 0 saturated heterocycles. The Bertz CT molecular complexity index is 464. The van der Waals surface area contributed by atoms with E-state index >= 15 is 0 Å². The number of halogens is 4. The molecule has 1 aliphatic carbocycles. The van der Waals surface area contributed by atoms with E-state index in [4.69, 9.17) is 0 Å². The van der Waals surface area contributed by atoms with Crippen molar-refractivity contribution in [1.82, 2.24) is 0 Å². The Hall–Kier alpha value is -0.710. The van der Waals surface area contributed by atoms with Gasteiger partial charge in [-0.3, -0.25) is 0 Å². The second kappa shape index (κ2) is 5.00. The van der Waals surface area contributed by atoms with Crippen LogP contribution >= 0.6 is 15.9 Å². The van der Waals surface area contributed by atoms with Crippen molar-refractivity contribution >= 4 is 21.6 Å². The van der Waals surface area contributed by atoms with Crippen LogP contribution < -0.4 is 5.32 Å². The standard InChI is InChI=1S/C14H17BrF3N/c1-9(2)13(5-6-13)8-19-12-4-3-10(15)7-11(12)14(16,17)18/h3-4,7,9,19H,5-6,8H2,1-2H3. The number of hydrogen-bond acceptors (Lipinski definition) is 1. The predicted molar refractivity (Wildman–Crippen MR) is 74.1 cm³/mol. The van der Waals surface area contributed by atoms with Crippen molar-refractivity contribution in [2.75, 3.05) is 11.9 Å². The van der Waals surface area contributed by atoms with E-state index in [2.05, 4.69) is 35.1 Å². The van der Waals surface area contributed by atoms with Gasteiger partial charge in [0.2, 0.25) is 0 Å². The number of benzene rings is 1. The average molecular weight is 336 g/mol. The maximum atomic E-state index is 13.0. The first kappa shape index (κ1) is 14.7. The Morgan fingerprint density at radius 1 is 1.32 bits per heavy atom. The highest BCUT2D eigenvalue weighted by molar-refractivity contribution is 9.10. The number of hydrogen-bond donors (Lipinski definition) is 1. The molecule has 1 saturated carbocycles. The van der Waals surface area contributed by atoms with Gasteiger partial charge in [-0.15, -0.1) is 0 Å². The molecule has 1 N–H and O–H groups in total. The first-order valence-electron chi connectivity index (χ1n) is 6.35. The Morgan fingerprint density at radius 3 is 2.42 bits per heavy atom. The van der Waals surface area contributed by atoms with Gasteiger partial charge < -0.3 is 5.32 Å². The van der Waals surface area contributed by atoms with E-state index in [0.717, 1.165) is 18.9 Å². The van der Waals surface area contributed by atoms with E-state index in [-0.39, 0.29) is 11.1 Å². The fraction of sp³-hybridized carbons (Fsp3) is 0.571. The van der Waals surface area contributed by atoms with Crippen LogP contribution in [0.15, 0.2) is 22.7 Å². The monoisotopic (exact) mass is 335 g/mol. The largest absolute Gasteiger partial charge is 0.418 e. The fourth-order valence-electron chi connectivity index (χ4n) is 2.30.